The molecule has 140 valence electrons. The zero-order valence-electron chi connectivity index (χ0n) is 15.5. The molecule has 0 radical (unpaired) electrons. The minimum absolute atomic E-state index is 0.0203. The number of aromatic nitrogens is 2. The van der Waals surface area contributed by atoms with Crippen LogP contribution in [0.3, 0.4) is 0 Å². The predicted octanol–water partition coefficient (Wildman–Crippen LogP) is 1.05. The average Bonchev–Trinajstić information content (AvgIpc) is 2.63. The lowest BCUT2D eigenvalue weighted by Gasteiger charge is -2.57. The second-order valence-corrected chi connectivity index (χ2v) is 7.36. The Hall–Kier alpha value is -2.25. The number of fused-ring (bicyclic) bond motifs is 1. The number of nitrogens with zero attached hydrogens (tertiary/aromatic N) is 2. The fraction of sp³-hybridized carbons (Fsp3) is 0.526. The van der Waals surface area contributed by atoms with E-state index in [-0.39, 0.29) is 17.6 Å². The van der Waals surface area contributed by atoms with E-state index in [1.807, 2.05) is 39.0 Å². The van der Waals surface area contributed by atoms with Crippen molar-refractivity contribution < 1.29 is 9.53 Å². The second kappa shape index (κ2) is 6.81. The number of hydrogen-bond donors (Lipinski definition) is 2. The molecule has 3 N–H and O–H groups in total. The summed E-state index contributed by atoms with van der Waals surface area (Å²) >= 11 is 0. The van der Waals surface area contributed by atoms with Crippen LogP contribution in [0.4, 0.5) is 0 Å². The first-order chi connectivity index (χ1) is 12.3. The molecule has 1 saturated carbocycles. The van der Waals surface area contributed by atoms with Crippen LogP contribution in [-0.4, -0.2) is 40.5 Å². The van der Waals surface area contributed by atoms with Gasteiger partial charge in [-0.25, -0.2) is 4.68 Å². The van der Waals surface area contributed by atoms with E-state index in [0.29, 0.717) is 31.5 Å². The summed E-state index contributed by atoms with van der Waals surface area (Å²) in [5.74, 6) is -0.215. The molecule has 2 unspecified atom stereocenters. The summed E-state index contributed by atoms with van der Waals surface area (Å²) in [6, 6.07) is 7.31. The molecule has 3 rings (SSSR count). The van der Waals surface area contributed by atoms with Crippen molar-refractivity contribution >= 4 is 16.7 Å². The Labute approximate surface area is 152 Å². The Morgan fingerprint density at radius 3 is 2.85 bits per heavy atom. The number of ether oxygens (including phenoxy) is 1. The summed E-state index contributed by atoms with van der Waals surface area (Å²) in [4.78, 5) is 25.0. The minimum atomic E-state index is -0.964. The first kappa shape index (κ1) is 18.5. The van der Waals surface area contributed by atoms with E-state index in [1.54, 1.807) is 12.3 Å². The van der Waals surface area contributed by atoms with Crippen molar-refractivity contribution in [3.63, 3.8) is 0 Å². The third-order valence-corrected chi connectivity index (χ3v) is 5.61. The third kappa shape index (κ3) is 2.91. The van der Waals surface area contributed by atoms with Crippen LogP contribution in [0.15, 0.2) is 35.3 Å². The average molecular weight is 358 g/mol. The van der Waals surface area contributed by atoms with E-state index in [9.17, 15) is 9.59 Å². The Morgan fingerprint density at radius 1 is 1.42 bits per heavy atom. The van der Waals surface area contributed by atoms with Gasteiger partial charge in [0.05, 0.1) is 24.2 Å². The number of nitrogens with one attached hydrogen (secondary N) is 1. The lowest BCUT2D eigenvalue weighted by molar-refractivity contribution is -0.170. The number of hydrogen-bond acceptors (Lipinski definition) is 5. The highest BCUT2D eigenvalue weighted by atomic mass is 16.5. The van der Waals surface area contributed by atoms with Crippen molar-refractivity contribution in [3.8, 4) is 0 Å². The van der Waals surface area contributed by atoms with Gasteiger partial charge < -0.3 is 15.8 Å². The Balaban J connectivity index is 1.63. The molecule has 0 saturated heterocycles. The summed E-state index contributed by atoms with van der Waals surface area (Å²) in [5.41, 5.74) is 4.78. The van der Waals surface area contributed by atoms with Gasteiger partial charge >= 0.3 is 0 Å². The van der Waals surface area contributed by atoms with Crippen LogP contribution in [0.25, 0.3) is 10.8 Å². The van der Waals surface area contributed by atoms with Crippen molar-refractivity contribution in [1.82, 2.24) is 15.1 Å². The smallest absolute Gasteiger partial charge is 0.274 e. The summed E-state index contributed by atoms with van der Waals surface area (Å²) in [5, 5.41) is 8.43. The molecule has 0 spiro atoms. The van der Waals surface area contributed by atoms with E-state index in [0.717, 1.165) is 5.39 Å². The highest BCUT2D eigenvalue weighted by Gasteiger charge is 2.62. The SMILES string of the molecule is CCOC1CC(N)(C(=O)NCCn2ncc3ccccc3c2=O)C1(C)C. The topological polar surface area (TPSA) is 99.2 Å². The van der Waals surface area contributed by atoms with Gasteiger partial charge in [-0.05, 0) is 13.0 Å². The van der Waals surface area contributed by atoms with E-state index in [1.165, 1.54) is 4.68 Å². The molecular weight excluding hydrogens is 332 g/mol. The molecule has 1 aromatic heterocycles. The maximum absolute atomic E-state index is 12.6. The maximum atomic E-state index is 12.6. The fourth-order valence-corrected chi connectivity index (χ4v) is 3.54. The van der Waals surface area contributed by atoms with Gasteiger partial charge in [-0.1, -0.05) is 32.0 Å². The monoisotopic (exact) mass is 358 g/mol. The Morgan fingerprint density at radius 2 is 2.15 bits per heavy atom. The highest BCUT2D eigenvalue weighted by Crippen LogP contribution is 2.49. The number of benzene rings is 1. The predicted molar refractivity (Wildman–Crippen MR) is 99.7 cm³/mol. The van der Waals surface area contributed by atoms with Crippen LogP contribution in [0.2, 0.25) is 0 Å². The van der Waals surface area contributed by atoms with Gasteiger partial charge in [0.2, 0.25) is 5.91 Å². The zero-order valence-corrected chi connectivity index (χ0v) is 15.5. The zero-order chi connectivity index (χ0) is 18.9. The maximum Gasteiger partial charge on any atom is 0.274 e. The first-order valence-corrected chi connectivity index (χ1v) is 8.95. The van der Waals surface area contributed by atoms with Crippen LogP contribution in [-0.2, 0) is 16.1 Å². The Kier molecular flexibility index (Phi) is 4.86. The second-order valence-electron chi connectivity index (χ2n) is 7.36. The molecule has 7 nitrogen and oxygen atoms in total. The van der Waals surface area contributed by atoms with E-state index in [4.69, 9.17) is 10.5 Å². The van der Waals surface area contributed by atoms with Gasteiger partial charge in [-0.15, -0.1) is 0 Å². The minimum Gasteiger partial charge on any atom is -0.378 e. The molecule has 1 aliphatic rings. The van der Waals surface area contributed by atoms with Crippen molar-refractivity contribution in [3.05, 3.63) is 40.8 Å². The lowest BCUT2D eigenvalue weighted by Crippen LogP contribution is -2.75. The molecule has 1 aromatic carbocycles. The van der Waals surface area contributed by atoms with Gasteiger partial charge in [0.1, 0.15) is 5.54 Å². The highest BCUT2D eigenvalue weighted by molar-refractivity contribution is 5.88. The van der Waals surface area contributed by atoms with Gasteiger partial charge in [0, 0.05) is 30.4 Å². The molecule has 1 heterocycles. The van der Waals surface area contributed by atoms with Crippen LogP contribution in [0.5, 0.6) is 0 Å². The fourth-order valence-electron chi connectivity index (χ4n) is 3.54. The van der Waals surface area contributed by atoms with Crippen LogP contribution in [0, 0.1) is 5.41 Å². The molecule has 1 fully saturated rings. The van der Waals surface area contributed by atoms with E-state index >= 15 is 0 Å². The van der Waals surface area contributed by atoms with Gasteiger partial charge in [0.25, 0.3) is 5.56 Å². The normalized spacial score (nSPS) is 24.2. The number of rotatable bonds is 6. The summed E-state index contributed by atoms with van der Waals surface area (Å²) in [6.45, 7) is 7.01. The molecule has 0 bridgehead atoms. The van der Waals surface area contributed by atoms with Crippen molar-refractivity contribution in [2.45, 2.75) is 45.4 Å². The Bertz CT molecular complexity index is 876. The molecule has 7 heteroatoms. The van der Waals surface area contributed by atoms with E-state index in [2.05, 4.69) is 10.4 Å². The third-order valence-electron chi connectivity index (χ3n) is 5.61. The molecular formula is C19H26N4O3. The molecule has 2 atom stereocenters. The molecule has 0 aliphatic heterocycles. The molecule has 26 heavy (non-hydrogen) atoms. The summed E-state index contributed by atoms with van der Waals surface area (Å²) < 4.78 is 7.02. The summed E-state index contributed by atoms with van der Waals surface area (Å²) in [6.07, 6.45) is 2.13. The van der Waals surface area contributed by atoms with Crippen molar-refractivity contribution in [2.24, 2.45) is 11.1 Å². The lowest BCUT2D eigenvalue weighted by atomic mass is 9.54. The number of amides is 1. The largest absolute Gasteiger partial charge is 0.378 e. The number of carbonyl (C=O) groups excluding carboxylic acids is 1. The quantitative estimate of drug-likeness (QED) is 0.804. The van der Waals surface area contributed by atoms with Gasteiger partial charge in [-0.2, -0.15) is 5.10 Å². The first-order valence-electron chi connectivity index (χ1n) is 8.95. The molecule has 1 aliphatic carbocycles. The van der Waals surface area contributed by atoms with Crippen molar-refractivity contribution in [1.29, 1.82) is 0 Å². The van der Waals surface area contributed by atoms with Gasteiger partial charge in [0.15, 0.2) is 0 Å². The standard InChI is InChI=1S/C19H26N4O3/c1-4-26-15-11-19(20,18(15,2)3)17(25)21-9-10-23-16(24)14-8-6-5-7-13(14)12-22-23/h5-8,12,15H,4,9-11,20H2,1-3H3,(H,21,25). The summed E-state index contributed by atoms with van der Waals surface area (Å²) in [7, 11) is 0. The number of nitrogens with two attached hydrogens (primary N) is 1. The number of carbonyl (C=O) groups is 1. The van der Waals surface area contributed by atoms with Crippen molar-refractivity contribution in [2.75, 3.05) is 13.2 Å². The van der Waals surface area contributed by atoms with Crippen LogP contribution >= 0.6 is 0 Å². The molecule has 1 amide bonds. The van der Waals surface area contributed by atoms with E-state index < -0.39 is 11.0 Å². The van der Waals surface area contributed by atoms with Crippen LogP contribution in [0.1, 0.15) is 27.2 Å². The molecule has 2 aromatic rings. The van der Waals surface area contributed by atoms with Crippen LogP contribution < -0.4 is 16.6 Å². The van der Waals surface area contributed by atoms with Gasteiger partial charge in [-0.3, -0.25) is 9.59 Å².